The van der Waals surface area contributed by atoms with Crippen molar-refractivity contribution in [3.8, 4) is 5.75 Å². The Kier molecular flexibility index (Phi) is 4.71. The number of likely N-dealkylation sites (tertiary alicyclic amines) is 1. The molecule has 0 spiro atoms. The van der Waals surface area contributed by atoms with Crippen LogP contribution in [0.5, 0.6) is 5.75 Å². The second-order valence-electron chi connectivity index (χ2n) is 6.87. The summed E-state index contributed by atoms with van der Waals surface area (Å²) in [5.41, 5.74) is 1.23. The molecule has 1 aromatic carbocycles. The van der Waals surface area contributed by atoms with Crippen LogP contribution in [0.1, 0.15) is 38.9 Å². The second-order valence-corrected chi connectivity index (χ2v) is 6.87. The Morgan fingerprint density at radius 2 is 2.05 bits per heavy atom. The molecule has 1 saturated heterocycles. The first-order valence-electron chi connectivity index (χ1n) is 7.45. The molecule has 2 rings (SSSR count). The van der Waals surface area contributed by atoms with Gasteiger partial charge in [-0.3, -0.25) is 0 Å². The molecular formula is C17H27NO2. The van der Waals surface area contributed by atoms with Crippen LogP contribution in [-0.2, 0) is 0 Å². The molecule has 112 valence electrons. The maximum absolute atomic E-state index is 10.5. The first kappa shape index (κ1) is 15.3. The van der Waals surface area contributed by atoms with Crippen molar-refractivity contribution in [3.63, 3.8) is 0 Å². The quantitative estimate of drug-likeness (QED) is 0.918. The number of hydrogen-bond donors (Lipinski definition) is 1. The van der Waals surface area contributed by atoms with Gasteiger partial charge in [0, 0.05) is 18.7 Å². The third-order valence-electron chi connectivity index (χ3n) is 4.43. The number of ether oxygens (including phenoxy) is 1. The Morgan fingerprint density at radius 1 is 1.35 bits per heavy atom. The Labute approximate surface area is 122 Å². The highest BCUT2D eigenvalue weighted by Gasteiger charge is 2.32. The Hall–Kier alpha value is -1.06. The van der Waals surface area contributed by atoms with Gasteiger partial charge in [0.1, 0.15) is 5.75 Å². The van der Waals surface area contributed by atoms with E-state index in [0.29, 0.717) is 17.9 Å². The van der Waals surface area contributed by atoms with E-state index in [4.69, 9.17) is 4.74 Å². The lowest BCUT2D eigenvalue weighted by Crippen LogP contribution is -2.29. The number of para-hydroxylation sites is 1. The van der Waals surface area contributed by atoms with Crippen molar-refractivity contribution in [2.45, 2.75) is 33.3 Å². The lowest BCUT2D eigenvalue weighted by molar-refractivity contribution is 0.116. The number of aliphatic hydroxyl groups excluding tert-OH is 1. The molecule has 1 aliphatic rings. The van der Waals surface area contributed by atoms with Crippen LogP contribution in [0.4, 0.5) is 0 Å². The molecule has 1 aliphatic heterocycles. The van der Waals surface area contributed by atoms with E-state index in [0.717, 1.165) is 24.4 Å². The first-order valence-corrected chi connectivity index (χ1v) is 7.45. The van der Waals surface area contributed by atoms with Crippen LogP contribution in [0.25, 0.3) is 0 Å². The molecular weight excluding hydrogens is 250 g/mol. The summed E-state index contributed by atoms with van der Waals surface area (Å²) in [5, 5.41) is 10.5. The smallest absolute Gasteiger partial charge is 0.124 e. The summed E-state index contributed by atoms with van der Waals surface area (Å²) in [6, 6.07) is 7.73. The molecule has 1 aromatic rings. The average molecular weight is 277 g/mol. The van der Waals surface area contributed by atoms with Crippen molar-refractivity contribution < 1.29 is 9.84 Å². The van der Waals surface area contributed by atoms with E-state index in [1.54, 1.807) is 7.11 Å². The fraction of sp³-hybridized carbons (Fsp3) is 0.647. The zero-order chi connectivity index (χ0) is 14.8. The molecule has 2 atom stereocenters. The van der Waals surface area contributed by atoms with E-state index >= 15 is 0 Å². The van der Waals surface area contributed by atoms with Gasteiger partial charge >= 0.3 is 0 Å². The largest absolute Gasteiger partial charge is 0.496 e. The molecule has 0 radical (unpaired) electrons. The summed E-state index contributed by atoms with van der Waals surface area (Å²) in [4.78, 5) is 2.37. The molecule has 1 N–H and O–H groups in total. The van der Waals surface area contributed by atoms with Gasteiger partial charge in [-0.1, -0.05) is 39.0 Å². The highest BCUT2D eigenvalue weighted by atomic mass is 16.5. The molecule has 0 saturated carbocycles. The summed E-state index contributed by atoms with van der Waals surface area (Å²) in [6.07, 6.45) is 0.743. The van der Waals surface area contributed by atoms with Gasteiger partial charge in [-0.25, -0.2) is 0 Å². The van der Waals surface area contributed by atoms with Crippen molar-refractivity contribution in [2.75, 3.05) is 26.7 Å². The summed E-state index contributed by atoms with van der Waals surface area (Å²) in [5.74, 6) is 1.49. The number of benzene rings is 1. The number of aliphatic hydroxyl groups is 1. The first-order chi connectivity index (χ1) is 9.41. The van der Waals surface area contributed by atoms with Crippen LogP contribution in [0.3, 0.4) is 0 Å². The van der Waals surface area contributed by atoms with E-state index in [9.17, 15) is 5.11 Å². The Morgan fingerprint density at radius 3 is 2.65 bits per heavy atom. The van der Waals surface area contributed by atoms with Crippen LogP contribution in [0.2, 0.25) is 0 Å². The summed E-state index contributed by atoms with van der Waals surface area (Å²) in [6.45, 7) is 9.75. The fourth-order valence-corrected chi connectivity index (χ4v) is 2.99. The van der Waals surface area contributed by atoms with Gasteiger partial charge in [0.25, 0.3) is 0 Å². The molecule has 0 bridgehead atoms. The highest BCUT2D eigenvalue weighted by molar-refractivity contribution is 5.35. The maximum atomic E-state index is 10.5. The predicted octanol–water partition coefficient (Wildman–Crippen LogP) is 3.10. The lowest BCUT2D eigenvalue weighted by Gasteiger charge is -2.27. The van der Waals surface area contributed by atoms with Gasteiger partial charge in [-0.15, -0.1) is 0 Å². The third-order valence-corrected chi connectivity index (χ3v) is 4.43. The van der Waals surface area contributed by atoms with E-state index in [1.165, 1.54) is 6.42 Å². The van der Waals surface area contributed by atoms with E-state index in [2.05, 4.69) is 25.7 Å². The van der Waals surface area contributed by atoms with Crippen molar-refractivity contribution >= 4 is 0 Å². The van der Waals surface area contributed by atoms with Crippen molar-refractivity contribution in [3.05, 3.63) is 29.8 Å². The Balaban J connectivity index is 1.97. The predicted molar refractivity (Wildman–Crippen MR) is 82.0 cm³/mol. The van der Waals surface area contributed by atoms with Crippen LogP contribution >= 0.6 is 0 Å². The second kappa shape index (κ2) is 6.15. The zero-order valence-electron chi connectivity index (χ0n) is 13.1. The van der Waals surface area contributed by atoms with Gasteiger partial charge in [-0.2, -0.15) is 0 Å². The average Bonchev–Trinajstić information content (AvgIpc) is 2.87. The van der Waals surface area contributed by atoms with E-state index in [-0.39, 0.29) is 0 Å². The van der Waals surface area contributed by atoms with Crippen LogP contribution in [-0.4, -0.2) is 36.8 Å². The molecule has 2 unspecified atom stereocenters. The maximum Gasteiger partial charge on any atom is 0.124 e. The van der Waals surface area contributed by atoms with Crippen molar-refractivity contribution in [2.24, 2.45) is 11.3 Å². The lowest BCUT2D eigenvalue weighted by atomic mass is 9.80. The van der Waals surface area contributed by atoms with Crippen molar-refractivity contribution in [1.29, 1.82) is 0 Å². The van der Waals surface area contributed by atoms with Crippen LogP contribution in [0.15, 0.2) is 24.3 Å². The minimum Gasteiger partial charge on any atom is -0.496 e. The molecule has 1 heterocycles. The SMILES string of the molecule is COc1ccccc1C(O)CN1CCC(C(C)(C)C)C1. The number of hydrogen-bond acceptors (Lipinski definition) is 3. The summed E-state index contributed by atoms with van der Waals surface area (Å²) < 4.78 is 5.33. The molecule has 3 nitrogen and oxygen atoms in total. The Bertz CT molecular complexity index is 439. The van der Waals surface area contributed by atoms with Gasteiger partial charge < -0.3 is 14.7 Å². The van der Waals surface area contributed by atoms with Crippen molar-refractivity contribution in [1.82, 2.24) is 4.90 Å². The summed E-state index contributed by atoms with van der Waals surface area (Å²) >= 11 is 0. The number of rotatable bonds is 4. The fourth-order valence-electron chi connectivity index (χ4n) is 2.99. The molecule has 0 amide bonds. The van der Waals surface area contributed by atoms with Crippen LogP contribution < -0.4 is 4.74 Å². The third kappa shape index (κ3) is 3.53. The molecule has 20 heavy (non-hydrogen) atoms. The van der Waals surface area contributed by atoms with Gasteiger partial charge in [0.2, 0.25) is 0 Å². The van der Waals surface area contributed by atoms with Gasteiger partial charge in [0.05, 0.1) is 13.2 Å². The molecule has 0 aliphatic carbocycles. The normalized spacial score (nSPS) is 21.9. The number of β-amino-alcohol motifs (C(OH)–C–C–N with tert-alkyl or cyclic N) is 1. The minimum absolute atomic E-state index is 0.351. The van der Waals surface area contributed by atoms with Gasteiger partial charge in [0.15, 0.2) is 0 Å². The van der Waals surface area contributed by atoms with Crippen LogP contribution in [0, 0.1) is 11.3 Å². The minimum atomic E-state index is -0.482. The van der Waals surface area contributed by atoms with E-state index < -0.39 is 6.10 Å². The highest BCUT2D eigenvalue weighted by Crippen LogP contribution is 2.34. The van der Waals surface area contributed by atoms with Gasteiger partial charge in [-0.05, 0) is 30.4 Å². The zero-order valence-corrected chi connectivity index (χ0v) is 13.1. The molecule has 0 aromatic heterocycles. The number of methoxy groups -OCH3 is 1. The molecule has 1 fully saturated rings. The number of nitrogens with zero attached hydrogens (tertiary/aromatic N) is 1. The topological polar surface area (TPSA) is 32.7 Å². The van der Waals surface area contributed by atoms with E-state index in [1.807, 2.05) is 24.3 Å². The molecule has 3 heteroatoms. The monoisotopic (exact) mass is 277 g/mol. The summed E-state index contributed by atoms with van der Waals surface area (Å²) in [7, 11) is 1.65. The standard InChI is InChI=1S/C17H27NO2/c1-17(2,3)13-9-10-18(11-13)12-15(19)14-7-5-6-8-16(14)20-4/h5-8,13,15,19H,9-12H2,1-4H3.